The molecule has 1 saturated carbocycles. The van der Waals surface area contributed by atoms with Gasteiger partial charge in [-0.2, -0.15) is 0 Å². The van der Waals surface area contributed by atoms with Crippen LogP contribution in [0, 0.1) is 5.41 Å². The lowest BCUT2D eigenvalue weighted by Crippen LogP contribution is -2.27. The summed E-state index contributed by atoms with van der Waals surface area (Å²) in [5.74, 6) is 0. The highest BCUT2D eigenvalue weighted by Crippen LogP contribution is 2.41. The second kappa shape index (κ2) is 5.49. The van der Waals surface area contributed by atoms with Gasteiger partial charge in [0.1, 0.15) is 0 Å². The van der Waals surface area contributed by atoms with Crippen LogP contribution in [0.2, 0.25) is 0 Å². The molecule has 0 atom stereocenters. The van der Waals surface area contributed by atoms with E-state index < -0.39 is 0 Å². The minimum absolute atomic E-state index is 0.495. The van der Waals surface area contributed by atoms with E-state index in [0.29, 0.717) is 5.41 Å². The predicted molar refractivity (Wildman–Crippen MR) is 69.3 cm³/mol. The molecule has 0 aromatic heterocycles. The predicted octanol–water partition coefficient (Wildman–Crippen LogP) is 3.53. The van der Waals surface area contributed by atoms with E-state index in [4.69, 9.17) is 5.73 Å². The number of nitrogens with two attached hydrogens (primary N) is 1. The molecule has 0 unspecified atom stereocenters. The summed E-state index contributed by atoms with van der Waals surface area (Å²) in [6, 6.07) is 10.8. The Morgan fingerprint density at radius 2 is 1.75 bits per heavy atom. The molecule has 1 fully saturated rings. The van der Waals surface area contributed by atoms with Crippen LogP contribution in [-0.4, -0.2) is 6.54 Å². The first kappa shape index (κ1) is 11.7. The molecule has 1 nitrogen and oxygen atoms in total. The number of rotatable bonds is 5. The second-order valence-corrected chi connectivity index (χ2v) is 5.25. The summed E-state index contributed by atoms with van der Waals surface area (Å²) >= 11 is 0. The lowest BCUT2D eigenvalue weighted by Gasteiger charge is -2.27. The molecular formula is C15H23N. The minimum atomic E-state index is 0.495. The van der Waals surface area contributed by atoms with Crippen molar-refractivity contribution in [2.45, 2.75) is 44.9 Å². The van der Waals surface area contributed by atoms with Gasteiger partial charge in [-0.3, -0.25) is 0 Å². The molecule has 2 N–H and O–H groups in total. The average molecular weight is 217 g/mol. The molecule has 1 aromatic carbocycles. The molecule has 0 saturated heterocycles. The topological polar surface area (TPSA) is 26.0 Å². The van der Waals surface area contributed by atoms with Crippen LogP contribution in [0.4, 0.5) is 0 Å². The van der Waals surface area contributed by atoms with Crippen molar-refractivity contribution in [3.8, 4) is 0 Å². The van der Waals surface area contributed by atoms with E-state index in [1.54, 1.807) is 0 Å². The highest BCUT2D eigenvalue weighted by Gasteiger charge is 2.31. The van der Waals surface area contributed by atoms with E-state index in [2.05, 4.69) is 30.3 Å². The average Bonchev–Trinajstić information content (AvgIpc) is 2.80. The van der Waals surface area contributed by atoms with Crippen LogP contribution < -0.4 is 5.73 Å². The van der Waals surface area contributed by atoms with Gasteiger partial charge >= 0.3 is 0 Å². The smallest absolute Gasteiger partial charge is 0.00205 e. The van der Waals surface area contributed by atoms with Crippen molar-refractivity contribution in [2.24, 2.45) is 11.1 Å². The SMILES string of the molecule is NCC1(CCCc2ccccc2)CCCC1. The largest absolute Gasteiger partial charge is 0.330 e. The maximum absolute atomic E-state index is 5.95. The van der Waals surface area contributed by atoms with Gasteiger partial charge in [0.2, 0.25) is 0 Å². The molecule has 1 aromatic rings. The molecule has 0 spiro atoms. The van der Waals surface area contributed by atoms with Crippen molar-refractivity contribution in [3.05, 3.63) is 35.9 Å². The molecule has 16 heavy (non-hydrogen) atoms. The van der Waals surface area contributed by atoms with Gasteiger partial charge in [0, 0.05) is 0 Å². The summed E-state index contributed by atoms with van der Waals surface area (Å²) < 4.78 is 0. The van der Waals surface area contributed by atoms with Crippen LogP contribution in [0.3, 0.4) is 0 Å². The number of benzene rings is 1. The van der Waals surface area contributed by atoms with E-state index in [1.165, 1.54) is 50.5 Å². The Bertz CT molecular complexity index is 298. The van der Waals surface area contributed by atoms with Crippen molar-refractivity contribution < 1.29 is 0 Å². The van der Waals surface area contributed by atoms with E-state index in [0.717, 1.165) is 6.54 Å². The molecule has 0 heterocycles. The fourth-order valence-corrected chi connectivity index (χ4v) is 2.99. The fraction of sp³-hybridized carbons (Fsp3) is 0.600. The van der Waals surface area contributed by atoms with Gasteiger partial charge in [0.05, 0.1) is 0 Å². The van der Waals surface area contributed by atoms with E-state index in [-0.39, 0.29) is 0 Å². The third kappa shape index (κ3) is 2.85. The molecule has 2 rings (SSSR count). The monoisotopic (exact) mass is 217 g/mol. The number of aryl methyl sites for hydroxylation is 1. The van der Waals surface area contributed by atoms with Crippen molar-refractivity contribution in [2.75, 3.05) is 6.54 Å². The van der Waals surface area contributed by atoms with Crippen LogP contribution >= 0.6 is 0 Å². The zero-order valence-corrected chi connectivity index (χ0v) is 10.1. The summed E-state index contributed by atoms with van der Waals surface area (Å²) in [5, 5.41) is 0. The fourth-order valence-electron chi connectivity index (χ4n) is 2.99. The Hall–Kier alpha value is -0.820. The van der Waals surface area contributed by atoms with Crippen molar-refractivity contribution in [1.29, 1.82) is 0 Å². The lowest BCUT2D eigenvalue weighted by molar-refractivity contribution is 0.275. The summed E-state index contributed by atoms with van der Waals surface area (Å²) in [6.45, 7) is 0.891. The molecule has 1 heteroatoms. The zero-order valence-electron chi connectivity index (χ0n) is 10.1. The highest BCUT2D eigenvalue weighted by molar-refractivity contribution is 5.14. The minimum Gasteiger partial charge on any atom is -0.330 e. The summed E-state index contributed by atoms with van der Waals surface area (Å²) in [5.41, 5.74) is 7.91. The van der Waals surface area contributed by atoms with Gasteiger partial charge in [-0.05, 0) is 49.6 Å². The standard InChI is InChI=1S/C15H23N/c16-13-15(10-4-5-11-15)12-6-9-14-7-2-1-3-8-14/h1-3,7-8H,4-6,9-13,16H2. The van der Waals surface area contributed by atoms with Gasteiger partial charge in [-0.25, -0.2) is 0 Å². The summed E-state index contributed by atoms with van der Waals surface area (Å²) in [7, 11) is 0. The molecule has 0 radical (unpaired) electrons. The molecule has 1 aliphatic rings. The Balaban J connectivity index is 1.79. The zero-order chi connectivity index (χ0) is 11.3. The van der Waals surface area contributed by atoms with Gasteiger partial charge in [0.25, 0.3) is 0 Å². The molecule has 0 bridgehead atoms. The molecule has 1 aliphatic carbocycles. The maximum Gasteiger partial charge on any atom is -0.00205 e. The van der Waals surface area contributed by atoms with E-state index in [1.807, 2.05) is 0 Å². The third-order valence-corrected chi connectivity index (χ3v) is 4.11. The molecule has 88 valence electrons. The summed E-state index contributed by atoms with van der Waals surface area (Å²) in [6.07, 6.45) is 9.32. The van der Waals surface area contributed by atoms with Gasteiger partial charge < -0.3 is 5.73 Å². The van der Waals surface area contributed by atoms with Crippen LogP contribution in [0.5, 0.6) is 0 Å². The van der Waals surface area contributed by atoms with Gasteiger partial charge in [0.15, 0.2) is 0 Å². The van der Waals surface area contributed by atoms with E-state index >= 15 is 0 Å². The normalized spacial score (nSPS) is 18.8. The van der Waals surface area contributed by atoms with Crippen molar-refractivity contribution >= 4 is 0 Å². The Labute approximate surface area is 99.0 Å². The quantitative estimate of drug-likeness (QED) is 0.802. The first-order chi connectivity index (χ1) is 7.85. The van der Waals surface area contributed by atoms with Crippen LogP contribution in [0.15, 0.2) is 30.3 Å². The molecule has 0 amide bonds. The Morgan fingerprint density at radius 3 is 2.38 bits per heavy atom. The summed E-state index contributed by atoms with van der Waals surface area (Å²) in [4.78, 5) is 0. The van der Waals surface area contributed by atoms with E-state index in [9.17, 15) is 0 Å². The number of hydrogen-bond acceptors (Lipinski definition) is 1. The Morgan fingerprint density at radius 1 is 1.06 bits per heavy atom. The van der Waals surface area contributed by atoms with Crippen LogP contribution in [-0.2, 0) is 6.42 Å². The maximum atomic E-state index is 5.95. The van der Waals surface area contributed by atoms with Gasteiger partial charge in [-0.1, -0.05) is 43.2 Å². The Kier molecular flexibility index (Phi) is 4.00. The van der Waals surface area contributed by atoms with Crippen LogP contribution in [0.25, 0.3) is 0 Å². The number of hydrogen-bond donors (Lipinski definition) is 1. The lowest BCUT2D eigenvalue weighted by atomic mass is 9.81. The molecular weight excluding hydrogens is 194 g/mol. The van der Waals surface area contributed by atoms with Crippen LogP contribution in [0.1, 0.15) is 44.1 Å². The van der Waals surface area contributed by atoms with Crippen molar-refractivity contribution in [3.63, 3.8) is 0 Å². The molecule has 0 aliphatic heterocycles. The first-order valence-corrected chi connectivity index (χ1v) is 6.59. The van der Waals surface area contributed by atoms with Gasteiger partial charge in [-0.15, -0.1) is 0 Å². The third-order valence-electron chi connectivity index (χ3n) is 4.11. The highest BCUT2D eigenvalue weighted by atomic mass is 14.6. The first-order valence-electron chi connectivity index (χ1n) is 6.59. The van der Waals surface area contributed by atoms with Crippen molar-refractivity contribution in [1.82, 2.24) is 0 Å². The second-order valence-electron chi connectivity index (χ2n) is 5.25.